The zero-order valence-electron chi connectivity index (χ0n) is 17.3. The lowest BCUT2D eigenvalue weighted by atomic mass is 9.98. The fraction of sp³-hybridized carbons (Fsp3) is 0.0800. The molecule has 3 N–H and O–H groups in total. The molecule has 162 valence electrons. The first-order valence-electron chi connectivity index (χ1n) is 9.83. The number of amides is 2. The van der Waals surface area contributed by atoms with Gasteiger partial charge in [-0.25, -0.2) is 0 Å². The Hall–Kier alpha value is -3.90. The highest BCUT2D eigenvalue weighted by Crippen LogP contribution is 2.23. The Morgan fingerprint density at radius 3 is 2.38 bits per heavy atom. The smallest absolute Gasteiger partial charge is 0.251 e. The summed E-state index contributed by atoms with van der Waals surface area (Å²) < 4.78 is 0. The molecular formula is C25H22ClN3O3. The van der Waals surface area contributed by atoms with Crippen LogP contribution >= 0.6 is 11.6 Å². The maximum Gasteiger partial charge on any atom is 0.251 e. The second-order valence-electron chi connectivity index (χ2n) is 7.02. The minimum Gasteiger partial charge on any atom is -0.366 e. The fourth-order valence-electron chi connectivity index (χ4n) is 3.11. The Labute approximate surface area is 191 Å². The van der Waals surface area contributed by atoms with Crippen molar-refractivity contribution in [1.82, 2.24) is 5.32 Å². The number of hydrogen-bond donors (Lipinski definition) is 2. The van der Waals surface area contributed by atoms with Gasteiger partial charge in [-0.2, -0.15) is 0 Å². The van der Waals surface area contributed by atoms with Gasteiger partial charge in [-0.15, -0.1) is 0 Å². The number of halogens is 1. The van der Waals surface area contributed by atoms with Gasteiger partial charge >= 0.3 is 0 Å². The second kappa shape index (κ2) is 10.4. The van der Waals surface area contributed by atoms with Crippen molar-refractivity contribution in [2.24, 2.45) is 5.73 Å². The number of rotatable bonds is 7. The van der Waals surface area contributed by atoms with Gasteiger partial charge in [0.25, 0.3) is 5.91 Å². The van der Waals surface area contributed by atoms with Crippen LogP contribution in [0.2, 0.25) is 0 Å². The number of anilines is 1. The van der Waals surface area contributed by atoms with Gasteiger partial charge in [0.1, 0.15) is 0 Å². The summed E-state index contributed by atoms with van der Waals surface area (Å²) in [6, 6.07) is 15.6. The Morgan fingerprint density at radius 1 is 1.09 bits per heavy atom. The molecule has 0 fully saturated rings. The third-order valence-corrected chi connectivity index (χ3v) is 5.11. The number of para-hydroxylation sites is 1. The molecule has 1 aliphatic rings. The summed E-state index contributed by atoms with van der Waals surface area (Å²) in [5.41, 5.74) is 7.77. The zero-order valence-corrected chi connectivity index (χ0v) is 18.0. The molecule has 32 heavy (non-hydrogen) atoms. The lowest BCUT2D eigenvalue weighted by Crippen LogP contribution is -2.35. The van der Waals surface area contributed by atoms with Crippen LogP contribution < -0.4 is 16.0 Å². The third-order valence-electron chi connectivity index (χ3n) is 4.83. The van der Waals surface area contributed by atoms with E-state index in [0.29, 0.717) is 33.9 Å². The van der Waals surface area contributed by atoms with Gasteiger partial charge in [0.05, 0.1) is 6.54 Å². The number of carbonyl (C=O) groups is 3. The molecule has 0 saturated heterocycles. The van der Waals surface area contributed by atoms with Crippen molar-refractivity contribution in [1.29, 1.82) is 0 Å². The molecule has 1 aliphatic heterocycles. The molecule has 3 rings (SSSR count). The normalized spacial score (nSPS) is 15.3. The van der Waals surface area contributed by atoms with Crippen LogP contribution in [-0.2, 0) is 4.79 Å². The van der Waals surface area contributed by atoms with Gasteiger partial charge in [0.15, 0.2) is 5.78 Å². The minimum absolute atomic E-state index is 0.0365. The van der Waals surface area contributed by atoms with Crippen molar-refractivity contribution >= 4 is 34.9 Å². The van der Waals surface area contributed by atoms with Crippen molar-refractivity contribution in [2.75, 3.05) is 18.0 Å². The number of benzene rings is 2. The van der Waals surface area contributed by atoms with E-state index >= 15 is 0 Å². The Morgan fingerprint density at radius 2 is 1.75 bits per heavy atom. The highest BCUT2D eigenvalue weighted by molar-refractivity contribution is 6.31. The molecule has 0 saturated carbocycles. The molecular weight excluding hydrogens is 426 g/mol. The molecule has 6 nitrogen and oxygen atoms in total. The number of carbonyl (C=O) groups excluding carboxylic acids is 3. The summed E-state index contributed by atoms with van der Waals surface area (Å²) in [7, 11) is 0. The highest BCUT2D eigenvalue weighted by atomic mass is 35.5. The molecule has 0 aliphatic carbocycles. The number of hydrogen-bond acceptors (Lipinski definition) is 4. The first kappa shape index (κ1) is 22.8. The lowest BCUT2D eigenvalue weighted by molar-refractivity contribution is -0.112. The molecule has 0 bridgehead atoms. The number of nitrogens with two attached hydrogens (primary N) is 1. The average Bonchev–Trinajstić information content (AvgIpc) is 2.82. The zero-order chi connectivity index (χ0) is 23.1. The van der Waals surface area contributed by atoms with Crippen LogP contribution in [-0.4, -0.2) is 30.7 Å². The van der Waals surface area contributed by atoms with Crippen molar-refractivity contribution in [3.8, 4) is 0 Å². The number of nitrogens with one attached hydrogen (secondary N) is 1. The topological polar surface area (TPSA) is 92.5 Å². The minimum atomic E-state index is -0.569. The summed E-state index contributed by atoms with van der Waals surface area (Å²) in [5, 5.41) is 3.18. The molecule has 2 amide bonds. The highest BCUT2D eigenvalue weighted by Gasteiger charge is 2.24. The number of Topliss-reactive ketones (excluding diaryl/α,β-unsaturated/α-hetero) is 1. The van der Waals surface area contributed by atoms with E-state index in [4.69, 9.17) is 17.3 Å². The molecule has 0 aromatic heterocycles. The van der Waals surface area contributed by atoms with Crippen LogP contribution in [0.5, 0.6) is 0 Å². The van der Waals surface area contributed by atoms with E-state index in [9.17, 15) is 14.4 Å². The van der Waals surface area contributed by atoms with Crippen LogP contribution in [0.3, 0.4) is 0 Å². The van der Waals surface area contributed by atoms with Gasteiger partial charge in [0.2, 0.25) is 5.91 Å². The Kier molecular flexibility index (Phi) is 7.41. The van der Waals surface area contributed by atoms with Gasteiger partial charge in [-0.05, 0) is 42.5 Å². The maximum absolute atomic E-state index is 13.0. The second-order valence-corrected chi connectivity index (χ2v) is 7.46. The van der Waals surface area contributed by atoms with Crippen molar-refractivity contribution in [3.63, 3.8) is 0 Å². The summed E-state index contributed by atoms with van der Waals surface area (Å²) in [5.74, 6) is -1.11. The van der Waals surface area contributed by atoms with Gasteiger partial charge < -0.3 is 16.0 Å². The van der Waals surface area contributed by atoms with Crippen LogP contribution in [0.15, 0.2) is 102 Å². The molecule has 2 aromatic rings. The van der Waals surface area contributed by atoms with Crippen LogP contribution in [0.25, 0.3) is 0 Å². The van der Waals surface area contributed by atoms with Crippen molar-refractivity contribution in [2.45, 2.75) is 0 Å². The quantitative estimate of drug-likeness (QED) is 0.499. The van der Waals surface area contributed by atoms with E-state index in [-0.39, 0.29) is 18.2 Å². The van der Waals surface area contributed by atoms with Crippen LogP contribution in [0.4, 0.5) is 5.69 Å². The molecule has 0 unspecified atom stereocenters. The van der Waals surface area contributed by atoms with Crippen molar-refractivity contribution < 1.29 is 14.4 Å². The SMILES string of the molecule is C=C/C(Cl)=C\C=C1/CN(c2ccccc2)C=C(CNC(=O)c2ccc(C(N)=O)cc2)C1=O. The largest absolute Gasteiger partial charge is 0.366 e. The van der Waals surface area contributed by atoms with Crippen LogP contribution in [0, 0.1) is 0 Å². The van der Waals surface area contributed by atoms with E-state index < -0.39 is 5.91 Å². The molecule has 7 heteroatoms. The van der Waals surface area contributed by atoms with Crippen LogP contribution in [0.1, 0.15) is 20.7 Å². The van der Waals surface area contributed by atoms with Gasteiger partial charge in [-0.3, -0.25) is 14.4 Å². The maximum atomic E-state index is 13.0. The number of allylic oxidation sites excluding steroid dienone is 4. The van der Waals surface area contributed by atoms with E-state index in [0.717, 1.165) is 5.69 Å². The number of ketones is 1. The molecule has 2 aromatic carbocycles. The first-order chi connectivity index (χ1) is 15.4. The van der Waals surface area contributed by atoms with E-state index in [1.54, 1.807) is 18.4 Å². The Balaban J connectivity index is 1.82. The summed E-state index contributed by atoms with van der Waals surface area (Å²) in [6.07, 6.45) is 6.51. The monoisotopic (exact) mass is 447 g/mol. The summed E-state index contributed by atoms with van der Waals surface area (Å²) in [4.78, 5) is 38.7. The van der Waals surface area contributed by atoms with E-state index in [1.165, 1.54) is 30.3 Å². The molecule has 1 heterocycles. The van der Waals surface area contributed by atoms with E-state index in [1.807, 2.05) is 35.2 Å². The molecule has 0 radical (unpaired) electrons. The average molecular weight is 448 g/mol. The van der Waals surface area contributed by atoms with E-state index in [2.05, 4.69) is 11.9 Å². The predicted octanol–water partition coefficient (Wildman–Crippen LogP) is 3.72. The predicted molar refractivity (Wildman–Crippen MR) is 126 cm³/mol. The molecule has 0 atom stereocenters. The third kappa shape index (κ3) is 5.62. The van der Waals surface area contributed by atoms with Gasteiger partial charge in [0, 0.05) is 45.7 Å². The number of primary amides is 1. The van der Waals surface area contributed by atoms with Crippen molar-refractivity contribution in [3.05, 3.63) is 113 Å². The first-order valence-corrected chi connectivity index (χ1v) is 10.2. The lowest BCUT2D eigenvalue weighted by Gasteiger charge is -2.28. The molecule has 0 spiro atoms. The summed E-state index contributed by atoms with van der Waals surface area (Å²) >= 11 is 6.00. The van der Waals surface area contributed by atoms with Gasteiger partial charge in [-0.1, -0.05) is 48.5 Å². The number of nitrogens with zero attached hydrogens (tertiary/aromatic N) is 1. The standard InChI is InChI=1S/C25H22ClN3O3/c1-2-21(26)13-12-19-15-29(22-6-4-3-5-7-22)16-20(23(19)30)14-28-25(32)18-10-8-17(9-11-18)24(27)31/h2-13,16H,1,14-15H2,(H2,27,31)(H,28,32)/b19-12+,21-13+. The fourth-order valence-corrected chi connectivity index (χ4v) is 3.17. The Bertz CT molecular complexity index is 1130. The summed E-state index contributed by atoms with van der Waals surface area (Å²) in [6.45, 7) is 4.01.